The molecule has 2 aliphatic rings. The summed E-state index contributed by atoms with van der Waals surface area (Å²) in [6.45, 7) is 7.85. The maximum atomic E-state index is 12.7. The fraction of sp³-hybridized carbons (Fsp3) is 0.600. The molecule has 6 nitrogen and oxygen atoms in total. The van der Waals surface area contributed by atoms with E-state index in [4.69, 9.17) is 4.74 Å². The number of morpholine rings is 1. The molecule has 1 unspecified atom stereocenters. The average Bonchev–Trinajstić information content (AvgIpc) is 2.64. The van der Waals surface area contributed by atoms with Crippen molar-refractivity contribution in [3.63, 3.8) is 0 Å². The summed E-state index contributed by atoms with van der Waals surface area (Å²) in [4.78, 5) is 26.9. The van der Waals surface area contributed by atoms with Crippen LogP contribution >= 0.6 is 12.4 Å². The molecule has 0 spiro atoms. The fourth-order valence-corrected chi connectivity index (χ4v) is 3.51. The lowest BCUT2D eigenvalue weighted by Gasteiger charge is -2.30. The molecule has 2 N–H and O–H groups in total. The third kappa shape index (κ3) is 5.92. The van der Waals surface area contributed by atoms with E-state index >= 15 is 0 Å². The van der Waals surface area contributed by atoms with Gasteiger partial charge in [-0.05, 0) is 49.4 Å². The van der Waals surface area contributed by atoms with Gasteiger partial charge in [0.05, 0.1) is 13.2 Å². The predicted molar refractivity (Wildman–Crippen MR) is 109 cm³/mol. The number of piperidine rings is 1. The predicted octanol–water partition coefficient (Wildman–Crippen LogP) is 2.61. The Hall–Kier alpha value is -1.63. The summed E-state index contributed by atoms with van der Waals surface area (Å²) in [5, 5.41) is 6.23. The Morgan fingerprint density at radius 1 is 1.30 bits per heavy atom. The van der Waals surface area contributed by atoms with Crippen LogP contribution in [0.5, 0.6) is 0 Å². The molecule has 1 atom stereocenters. The smallest absolute Gasteiger partial charge is 0.253 e. The Morgan fingerprint density at radius 3 is 2.67 bits per heavy atom. The van der Waals surface area contributed by atoms with Crippen molar-refractivity contribution >= 4 is 29.9 Å². The van der Waals surface area contributed by atoms with E-state index in [1.54, 1.807) is 0 Å². The van der Waals surface area contributed by atoms with Crippen LogP contribution in [0.3, 0.4) is 0 Å². The number of nitrogens with zero attached hydrogens (tertiary/aromatic N) is 1. The summed E-state index contributed by atoms with van der Waals surface area (Å²) in [6.07, 6.45) is 2.52. The van der Waals surface area contributed by atoms with Crippen LogP contribution in [0.15, 0.2) is 18.2 Å². The van der Waals surface area contributed by atoms with Gasteiger partial charge >= 0.3 is 0 Å². The van der Waals surface area contributed by atoms with Gasteiger partial charge in [0.15, 0.2) is 0 Å². The van der Waals surface area contributed by atoms with Crippen LogP contribution in [0.4, 0.5) is 5.69 Å². The second-order valence-electron chi connectivity index (χ2n) is 7.48. The number of hydrogen-bond acceptors (Lipinski definition) is 4. The van der Waals surface area contributed by atoms with Gasteiger partial charge in [-0.2, -0.15) is 0 Å². The SMILES string of the molecule is Cc1cc(C(=O)N2CCC(C)CC2)ccc1NC(=O)CC1COCCN1.Cl. The Bertz CT molecular complexity index is 654. The number of halogens is 1. The Balaban J connectivity index is 0.00000261. The topological polar surface area (TPSA) is 70.7 Å². The van der Waals surface area contributed by atoms with Crippen molar-refractivity contribution in [3.05, 3.63) is 29.3 Å². The van der Waals surface area contributed by atoms with Gasteiger partial charge in [-0.3, -0.25) is 9.59 Å². The van der Waals surface area contributed by atoms with E-state index in [-0.39, 0.29) is 30.3 Å². The van der Waals surface area contributed by atoms with Gasteiger partial charge in [0.25, 0.3) is 5.91 Å². The molecule has 0 bridgehead atoms. The van der Waals surface area contributed by atoms with Gasteiger partial charge < -0.3 is 20.3 Å². The number of aryl methyl sites for hydroxylation is 1. The standard InChI is InChI=1S/C20H29N3O3.ClH/c1-14-5-8-23(9-6-14)20(25)16-3-4-18(15(2)11-16)22-19(24)12-17-13-26-10-7-21-17;/h3-4,11,14,17,21H,5-10,12-13H2,1-2H3,(H,22,24);1H. The summed E-state index contributed by atoms with van der Waals surface area (Å²) in [5.41, 5.74) is 2.36. The molecular weight excluding hydrogens is 366 g/mol. The van der Waals surface area contributed by atoms with E-state index in [2.05, 4.69) is 17.6 Å². The number of anilines is 1. The van der Waals surface area contributed by atoms with Crippen LogP contribution in [0, 0.1) is 12.8 Å². The van der Waals surface area contributed by atoms with Crippen LogP contribution in [0.2, 0.25) is 0 Å². The van der Waals surface area contributed by atoms with Crippen molar-refractivity contribution < 1.29 is 14.3 Å². The van der Waals surface area contributed by atoms with E-state index in [0.29, 0.717) is 31.1 Å². The van der Waals surface area contributed by atoms with Crippen LogP contribution in [0.25, 0.3) is 0 Å². The Morgan fingerprint density at radius 2 is 2.04 bits per heavy atom. The molecule has 0 radical (unpaired) electrons. The molecule has 3 rings (SSSR count). The van der Waals surface area contributed by atoms with Gasteiger partial charge in [-0.1, -0.05) is 6.92 Å². The molecule has 2 fully saturated rings. The highest BCUT2D eigenvalue weighted by Gasteiger charge is 2.22. The number of carbonyl (C=O) groups excluding carboxylic acids is 2. The lowest BCUT2D eigenvalue weighted by Crippen LogP contribution is -2.43. The molecular formula is C20H30ClN3O3. The zero-order valence-electron chi connectivity index (χ0n) is 16.1. The molecule has 2 saturated heterocycles. The number of nitrogens with one attached hydrogen (secondary N) is 2. The summed E-state index contributed by atoms with van der Waals surface area (Å²) >= 11 is 0. The number of benzene rings is 1. The number of rotatable bonds is 4. The first-order chi connectivity index (χ1) is 12.5. The van der Waals surface area contributed by atoms with E-state index in [9.17, 15) is 9.59 Å². The molecule has 1 aromatic rings. The van der Waals surface area contributed by atoms with Crippen molar-refractivity contribution in [1.29, 1.82) is 0 Å². The van der Waals surface area contributed by atoms with Crippen LogP contribution < -0.4 is 10.6 Å². The highest BCUT2D eigenvalue weighted by molar-refractivity contribution is 5.96. The molecule has 0 aliphatic carbocycles. The number of hydrogen-bond donors (Lipinski definition) is 2. The highest BCUT2D eigenvalue weighted by Crippen LogP contribution is 2.21. The summed E-state index contributed by atoms with van der Waals surface area (Å²) in [5.74, 6) is 0.740. The minimum atomic E-state index is -0.0415. The van der Waals surface area contributed by atoms with Crippen LogP contribution in [-0.2, 0) is 9.53 Å². The first kappa shape index (κ1) is 21.7. The Kier molecular flexibility index (Phi) is 8.07. The van der Waals surface area contributed by atoms with Crippen molar-refractivity contribution in [2.24, 2.45) is 5.92 Å². The number of carbonyl (C=O) groups is 2. The highest BCUT2D eigenvalue weighted by atomic mass is 35.5. The van der Waals surface area contributed by atoms with Gasteiger partial charge in [0.2, 0.25) is 5.91 Å². The number of ether oxygens (including phenoxy) is 1. The average molecular weight is 396 g/mol. The molecule has 2 amide bonds. The van der Waals surface area contributed by atoms with Crippen LogP contribution in [0.1, 0.15) is 42.1 Å². The summed E-state index contributed by atoms with van der Waals surface area (Å²) < 4.78 is 5.38. The van der Waals surface area contributed by atoms with Crippen LogP contribution in [-0.4, -0.2) is 55.6 Å². The van der Waals surface area contributed by atoms with Gasteiger partial charge in [0.1, 0.15) is 0 Å². The lowest BCUT2D eigenvalue weighted by molar-refractivity contribution is -0.117. The maximum absolute atomic E-state index is 12.7. The zero-order chi connectivity index (χ0) is 18.5. The van der Waals surface area contributed by atoms with Crippen molar-refractivity contribution in [3.8, 4) is 0 Å². The van der Waals surface area contributed by atoms with Gasteiger partial charge in [-0.15, -0.1) is 12.4 Å². The van der Waals surface area contributed by atoms with Gasteiger partial charge in [-0.25, -0.2) is 0 Å². The summed E-state index contributed by atoms with van der Waals surface area (Å²) in [6, 6.07) is 5.58. The second kappa shape index (κ2) is 10.1. The Labute approximate surface area is 167 Å². The van der Waals surface area contributed by atoms with E-state index in [1.807, 2.05) is 30.0 Å². The second-order valence-corrected chi connectivity index (χ2v) is 7.48. The lowest BCUT2D eigenvalue weighted by atomic mass is 9.98. The molecule has 0 aromatic heterocycles. The number of amides is 2. The monoisotopic (exact) mass is 395 g/mol. The minimum Gasteiger partial charge on any atom is -0.378 e. The zero-order valence-corrected chi connectivity index (χ0v) is 16.9. The van der Waals surface area contributed by atoms with E-state index in [0.717, 1.165) is 43.7 Å². The van der Waals surface area contributed by atoms with Crippen molar-refractivity contribution in [2.45, 2.75) is 39.2 Å². The quantitative estimate of drug-likeness (QED) is 0.822. The van der Waals surface area contributed by atoms with Crippen molar-refractivity contribution in [1.82, 2.24) is 10.2 Å². The van der Waals surface area contributed by atoms with E-state index in [1.165, 1.54) is 0 Å². The minimum absolute atomic E-state index is 0. The normalized spacial score (nSPS) is 20.7. The molecule has 2 aliphatic heterocycles. The molecule has 150 valence electrons. The van der Waals surface area contributed by atoms with E-state index < -0.39 is 0 Å². The molecule has 2 heterocycles. The third-order valence-corrected chi connectivity index (χ3v) is 5.25. The molecule has 0 saturated carbocycles. The first-order valence-corrected chi connectivity index (χ1v) is 9.54. The van der Waals surface area contributed by atoms with Crippen molar-refractivity contribution in [2.75, 3.05) is 38.2 Å². The van der Waals surface area contributed by atoms with Gasteiger partial charge in [0, 0.05) is 43.3 Å². The third-order valence-electron chi connectivity index (χ3n) is 5.25. The summed E-state index contributed by atoms with van der Waals surface area (Å²) in [7, 11) is 0. The largest absolute Gasteiger partial charge is 0.378 e. The molecule has 27 heavy (non-hydrogen) atoms. The molecule has 1 aromatic carbocycles. The molecule has 7 heteroatoms. The fourth-order valence-electron chi connectivity index (χ4n) is 3.51. The maximum Gasteiger partial charge on any atom is 0.253 e. The first-order valence-electron chi connectivity index (χ1n) is 9.54. The number of likely N-dealkylation sites (tertiary alicyclic amines) is 1.